The van der Waals surface area contributed by atoms with E-state index in [1.165, 1.54) is 30.5 Å². The van der Waals surface area contributed by atoms with Crippen LogP contribution in [0.2, 0.25) is 0 Å². The van der Waals surface area contributed by atoms with Gasteiger partial charge in [-0.2, -0.15) is 0 Å². The van der Waals surface area contributed by atoms with E-state index >= 15 is 0 Å². The summed E-state index contributed by atoms with van der Waals surface area (Å²) in [5, 5.41) is 0. The fourth-order valence-corrected chi connectivity index (χ4v) is 2.89. The number of hydrogen-bond donors (Lipinski definition) is 2. The maximum atomic E-state index is 12.0. The first-order valence-electron chi connectivity index (χ1n) is 6.39. The average Bonchev–Trinajstić information content (AvgIpc) is 3.06. The number of nitrogens with one attached hydrogen (secondary N) is 2. The third-order valence-corrected chi connectivity index (χ3v) is 4.49. The highest BCUT2D eigenvalue weighted by atomic mass is 32.2. The van der Waals surface area contributed by atoms with Crippen LogP contribution in [-0.2, 0) is 14.6 Å². The molecule has 0 spiro atoms. The molecule has 2 aromatic rings. The largest absolute Gasteiger partial charge is 0.459 e. The van der Waals surface area contributed by atoms with Gasteiger partial charge in [-0.05, 0) is 24.3 Å². The van der Waals surface area contributed by atoms with E-state index in [-0.39, 0.29) is 22.8 Å². The van der Waals surface area contributed by atoms with Crippen molar-refractivity contribution in [1.29, 1.82) is 0 Å². The summed E-state index contributed by atoms with van der Waals surface area (Å²) in [7, 11) is -3.53. The zero-order valence-corrected chi connectivity index (χ0v) is 12.3. The highest BCUT2D eigenvalue weighted by Gasteiger charge is 2.16. The van der Waals surface area contributed by atoms with E-state index in [1.807, 2.05) is 0 Å². The van der Waals surface area contributed by atoms with E-state index in [0.29, 0.717) is 0 Å². The molecule has 116 valence electrons. The Balaban J connectivity index is 1.82. The van der Waals surface area contributed by atoms with Gasteiger partial charge in [0.1, 0.15) is 0 Å². The Morgan fingerprint density at radius 1 is 1.00 bits per heavy atom. The van der Waals surface area contributed by atoms with Gasteiger partial charge in [0.25, 0.3) is 0 Å². The number of hydrazine groups is 1. The Bertz CT molecular complexity index is 739. The molecule has 0 radical (unpaired) electrons. The first-order valence-corrected chi connectivity index (χ1v) is 8.05. The molecule has 0 bridgehead atoms. The SMILES string of the molecule is O=C(CCS(=O)(=O)c1ccccc1)NNC(=O)c1ccco1. The number of rotatable bonds is 5. The second-order valence-corrected chi connectivity index (χ2v) is 6.47. The predicted octanol–water partition coefficient (Wildman–Crippen LogP) is 0.905. The Hall–Kier alpha value is -2.61. The summed E-state index contributed by atoms with van der Waals surface area (Å²) < 4.78 is 28.8. The molecule has 0 saturated carbocycles. The molecule has 0 aliphatic carbocycles. The topological polar surface area (TPSA) is 105 Å². The van der Waals surface area contributed by atoms with Crippen molar-refractivity contribution in [3.63, 3.8) is 0 Å². The first kappa shape index (κ1) is 15.8. The lowest BCUT2D eigenvalue weighted by molar-refractivity contribution is -0.121. The molecule has 7 nitrogen and oxygen atoms in total. The summed E-state index contributed by atoms with van der Waals surface area (Å²) in [5.41, 5.74) is 4.27. The van der Waals surface area contributed by atoms with Crippen LogP contribution in [0.5, 0.6) is 0 Å². The Morgan fingerprint density at radius 3 is 2.36 bits per heavy atom. The summed E-state index contributed by atoms with van der Waals surface area (Å²) in [6, 6.07) is 10.8. The van der Waals surface area contributed by atoms with Crippen molar-refractivity contribution >= 4 is 21.7 Å². The van der Waals surface area contributed by atoms with Crippen LogP contribution >= 0.6 is 0 Å². The highest BCUT2D eigenvalue weighted by molar-refractivity contribution is 7.91. The summed E-state index contributed by atoms with van der Waals surface area (Å²) in [4.78, 5) is 23.2. The van der Waals surface area contributed by atoms with Crippen molar-refractivity contribution in [2.75, 3.05) is 5.75 Å². The van der Waals surface area contributed by atoms with Gasteiger partial charge in [-0.1, -0.05) is 18.2 Å². The van der Waals surface area contributed by atoms with E-state index in [1.54, 1.807) is 18.2 Å². The van der Waals surface area contributed by atoms with Gasteiger partial charge in [0.05, 0.1) is 16.9 Å². The van der Waals surface area contributed by atoms with Gasteiger partial charge in [0.2, 0.25) is 5.91 Å². The van der Waals surface area contributed by atoms with Crippen LogP contribution in [0.15, 0.2) is 58.0 Å². The number of carbonyl (C=O) groups is 2. The lowest BCUT2D eigenvalue weighted by atomic mass is 10.4. The molecule has 0 unspecified atom stereocenters. The van der Waals surface area contributed by atoms with Gasteiger partial charge >= 0.3 is 5.91 Å². The van der Waals surface area contributed by atoms with Crippen LogP contribution in [0.25, 0.3) is 0 Å². The van der Waals surface area contributed by atoms with E-state index in [0.717, 1.165) is 0 Å². The van der Waals surface area contributed by atoms with E-state index in [9.17, 15) is 18.0 Å². The molecule has 1 aromatic carbocycles. The molecule has 1 heterocycles. The molecule has 22 heavy (non-hydrogen) atoms. The monoisotopic (exact) mass is 322 g/mol. The van der Waals surface area contributed by atoms with Gasteiger partial charge in [-0.3, -0.25) is 20.4 Å². The standard InChI is InChI=1S/C14H14N2O5S/c17-13(15-16-14(18)12-7-4-9-21-12)8-10-22(19,20)11-5-2-1-3-6-11/h1-7,9H,8,10H2,(H,15,17)(H,16,18). The smallest absolute Gasteiger partial charge is 0.305 e. The summed E-state index contributed by atoms with van der Waals surface area (Å²) >= 11 is 0. The van der Waals surface area contributed by atoms with Gasteiger partial charge in [0.15, 0.2) is 15.6 Å². The first-order chi connectivity index (χ1) is 10.5. The third kappa shape index (κ3) is 4.19. The minimum absolute atomic E-state index is 0.0391. The molecule has 2 rings (SSSR count). The molecular weight excluding hydrogens is 308 g/mol. The second kappa shape index (κ2) is 6.90. The fraction of sp³-hybridized carbons (Fsp3) is 0.143. The molecule has 0 aliphatic heterocycles. The molecule has 1 aromatic heterocycles. The van der Waals surface area contributed by atoms with Crippen molar-refractivity contribution in [1.82, 2.24) is 10.9 Å². The van der Waals surface area contributed by atoms with Crippen LogP contribution < -0.4 is 10.9 Å². The lowest BCUT2D eigenvalue weighted by Gasteiger charge is -2.06. The van der Waals surface area contributed by atoms with E-state index < -0.39 is 21.7 Å². The quantitative estimate of drug-likeness (QED) is 0.796. The number of hydrogen-bond acceptors (Lipinski definition) is 5. The van der Waals surface area contributed by atoms with Crippen molar-refractivity contribution in [3.8, 4) is 0 Å². The minimum atomic E-state index is -3.53. The van der Waals surface area contributed by atoms with Crippen LogP contribution in [0, 0.1) is 0 Å². The van der Waals surface area contributed by atoms with Crippen molar-refractivity contribution in [2.45, 2.75) is 11.3 Å². The van der Waals surface area contributed by atoms with E-state index in [4.69, 9.17) is 4.42 Å². The zero-order chi connectivity index (χ0) is 16.0. The molecule has 0 saturated heterocycles. The van der Waals surface area contributed by atoms with Crippen LogP contribution in [0.3, 0.4) is 0 Å². The maximum Gasteiger partial charge on any atom is 0.305 e. The van der Waals surface area contributed by atoms with E-state index in [2.05, 4.69) is 10.9 Å². The minimum Gasteiger partial charge on any atom is -0.459 e. The number of benzene rings is 1. The number of sulfone groups is 1. The van der Waals surface area contributed by atoms with Crippen molar-refractivity contribution < 1.29 is 22.4 Å². The number of carbonyl (C=O) groups excluding carboxylic acids is 2. The van der Waals surface area contributed by atoms with Crippen LogP contribution in [0.4, 0.5) is 0 Å². The van der Waals surface area contributed by atoms with Crippen LogP contribution in [-0.4, -0.2) is 26.0 Å². The third-order valence-electron chi connectivity index (χ3n) is 2.76. The molecule has 8 heteroatoms. The highest BCUT2D eigenvalue weighted by Crippen LogP contribution is 2.10. The summed E-state index contributed by atoms with van der Waals surface area (Å²) in [6.07, 6.45) is 1.05. The molecule has 2 amide bonds. The summed E-state index contributed by atoms with van der Waals surface area (Å²) in [6.45, 7) is 0. The molecular formula is C14H14N2O5S. The number of amides is 2. The molecule has 2 N–H and O–H groups in total. The van der Waals surface area contributed by atoms with Crippen molar-refractivity contribution in [2.24, 2.45) is 0 Å². The Kier molecular flexibility index (Phi) is 4.95. The van der Waals surface area contributed by atoms with Gasteiger partial charge in [-0.25, -0.2) is 8.42 Å². The Morgan fingerprint density at radius 2 is 1.73 bits per heavy atom. The normalized spacial score (nSPS) is 10.9. The van der Waals surface area contributed by atoms with Gasteiger partial charge in [0, 0.05) is 6.42 Å². The van der Waals surface area contributed by atoms with Gasteiger partial charge in [-0.15, -0.1) is 0 Å². The number of furan rings is 1. The molecule has 0 atom stereocenters. The van der Waals surface area contributed by atoms with Gasteiger partial charge < -0.3 is 4.42 Å². The van der Waals surface area contributed by atoms with Crippen LogP contribution in [0.1, 0.15) is 17.0 Å². The van der Waals surface area contributed by atoms with Crippen molar-refractivity contribution in [3.05, 3.63) is 54.5 Å². The lowest BCUT2D eigenvalue weighted by Crippen LogP contribution is -2.42. The Labute approximate surface area is 127 Å². The maximum absolute atomic E-state index is 12.0. The fourth-order valence-electron chi connectivity index (χ4n) is 1.63. The molecule has 0 fully saturated rings. The molecule has 0 aliphatic rings. The summed E-state index contributed by atoms with van der Waals surface area (Å²) in [5.74, 6) is -1.54. The zero-order valence-electron chi connectivity index (χ0n) is 11.5. The predicted molar refractivity (Wildman–Crippen MR) is 77.4 cm³/mol. The average molecular weight is 322 g/mol. The second-order valence-electron chi connectivity index (χ2n) is 4.36.